The molecule has 5 aromatic rings. The highest BCUT2D eigenvalue weighted by Crippen LogP contribution is 2.33. The normalized spacial score (nSPS) is 12.4. The Hall–Kier alpha value is -3.46. The lowest BCUT2D eigenvalue weighted by Gasteiger charge is -2.26. The van der Waals surface area contributed by atoms with E-state index < -0.39 is 0 Å². The second-order valence-corrected chi connectivity index (χ2v) is 7.47. The maximum Gasteiger partial charge on any atom is 0.430 e. The molecule has 2 heterocycles. The molecule has 0 saturated carbocycles. The first-order chi connectivity index (χ1) is 13.8. The van der Waals surface area contributed by atoms with E-state index >= 15 is 0 Å². The summed E-state index contributed by atoms with van der Waals surface area (Å²) in [4.78, 5) is 0. The molecule has 1 aromatic heterocycles. The van der Waals surface area contributed by atoms with Crippen LogP contribution >= 0.6 is 0 Å². The first-order valence-electron chi connectivity index (χ1n) is 9.66. The Morgan fingerprint density at radius 3 is 2.36 bits per heavy atom. The molecule has 0 fully saturated rings. The molecule has 0 atom stereocenters. The average Bonchev–Trinajstić information content (AvgIpc) is 3.07. The van der Waals surface area contributed by atoms with Crippen LogP contribution in [0.25, 0.3) is 27.5 Å². The lowest BCUT2D eigenvalue weighted by molar-refractivity contribution is 0.591. The predicted octanol–water partition coefficient (Wildman–Crippen LogP) is 4.59. The van der Waals surface area contributed by atoms with Crippen LogP contribution < -0.4 is 15.6 Å². The number of hydrogen-bond donors (Lipinski definition) is 0. The molecule has 0 amide bonds. The minimum atomic E-state index is -0.127. The highest BCUT2D eigenvalue weighted by atomic mass is 16.4. The summed E-state index contributed by atoms with van der Waals surface area (Å²) in [5, 5.41) is 2.58. The Labute approximate surface area is 164 Å². The summed E-state index contributed by atoms with van der Waals surface area (Å²) in [7, 11) is 0. The Kier molecular flexibility index (Phi) is 3.21. The third kappa shape index (κ3) is 2.10. The minimum absolute atomic E-state index is 0.127. The predicted molar refractivity (Wildman–Crippen MR) is 118 cm³/mol. The van der Waals surface area contributed by atoms with Crippen molar-refractivity contribution in [2.75, 3.05) is 0 Å². The van der Waals surface area contributed by atoms with E-state index in [2.05, 4.69) is 72.2 Å². The van der Waals surface area contributed by atoms with E-state index in [1.54, 1.807) is 0 Å². The van der Waals surface area contributed by atoms with Crippen molar-refractivity contribution in [3.63, 3.8) is 0 Å². The number of aromatic nitrogens is 1. The van der Waals surface area contributed by atoms with Gasteiger partial charge in [-0.3, -0.25) is 0 Å². The van der Waals surface area contributed by atoms with E-state index in [1.807, 2.05) is 30.3 Å². The maximum absolute atomic E-state index is 6.57. The van der Waals surface area contributed by atoms with Gasteiger partial charge in [0.05, 0.1) is 16.8 Å². The largest absolute Gasteiger partial charge is 0.551 e. The molecule has 0 bridgehead atoms. The summed E-state index contributed by atoms with van der Waals surface area (Å²) in [5.41, 5.74) is 7.39. The van der Waals surface area contributed by atoms with E-state index in [0.717, 1.165) is 5.75 Å². The molecule has 0 unspecified atom stereocenters. The van der Waals surface area contributed by atoms with Crippen molar-refractivity contribution >= 4 is 39.6 Å². The Morgan fingerprint density at radius 2 is 1.46 bits per heavy atom. The fourth-order valence-electron chi connectivity index (χ4n) is 4.57. The maximum atomic E-state index is 6.57. The van der Waals surface area contributed by atoms with Crippen molar-refractivity contribution in [1.29, 1.82) is 0 Å². The fourth-order valence-corrected chi connectivity index (χ4v) is 4.57. The van der Waals surface area contributed by atoms with E-state index in [1.165, 1.54) is 44.0 Å². The molecule has 1 aliphatic heterocycles. The molecule has 6 rings (SSSR count). The first kappa shape index (κ1) is 15.6. The fraction of sp³-hybridized carbons (Fsp3) is 0.0400. The van der Waals surface area contributed by atoms with Gasteiger partial charge in [-0.25, -0.2) is 0 Å². The van der Waals surface area contributed by atoms with Crippen LogP contribution in [0, 0.1) is 6.92 Å². The number of fused-ring (bicyclic) bond motifs is 5. The van der Waals surface area contributed by atoms with Crippen molar-refractivity contribution in [2.45, 2.75) is 6.92 Å². The number of para-hydroxylation sites is 3. The number of aryl methyl sites for hydroxylation is 1. The van der Waals surface area contributed by atoms with Crippen LogP contribution in [0.1, 0.15) is 5.56 Å². The van der Waals surface area contributed by atoms with Gasteiger partial charge >= 0.3 is 6.92 Å². The molecule has 0 spiro atoms. The van der Waals surface area contributed by atoms with Crippen LogP contribution in [0.4, 0.5) is 0 Å². The summed E-state index contributed by atoms with van der Waals surface area (Å²) in [6.07, 6.45) is 0. The van der Waals surface area contributed by atoms with Gasteiger partial charge in [-0.05, 0) is 48.2 Å². The highest BCUT2D eigenvalue weighted by molar-refractivity contribution is 6.84. The number of hydrogen-bond acceptors (Lipinski definition) is 1. The lowest BCUT2D eigenvalue weighted by atomic mass is 9.52. The van der Waals surface area contributed by atoms with E-state index in [0.29, 0.717) is 0 Å². The summed E-state index contributed by atoms with van der Waals surface area (Å²) in [6.45, 7) is 2.04. The van der Waals surface area contributed by atoms with Gasteiger partial charge in [0.15, 0.2) is 0 Å². The topological polar surface area (TPSA) is 14.2 Å². The van der Waals surface area contributed by atoms with Crippen LogP contribution in [-0.2, 0) is 0 Å². The Bertz CT molecular complexity index is 1350. The zero-order valence-corrected chi connectivity index (χ0v) is 15.6. The molecule has 0 radical (unpaired) electrons. The zero-order chi connectivity index (χ0) is 18.7. The van der Waals surface area contributed by atoms with E-state index in [9.17, 15) is 0 Å². The van der Waals surface area contributed by atoms with Gasteiger partial charge in [0.25, 0.3) is 0 Å². The molecule has 28 heavy (non-hydrogen) atoms. The quantitative estimate of drug-likeness (QED) is 0.421. The van der Waals surface area contributed by atoms with Gasteiger partial charge in [0, 0.05) is 16.5 Å². The Morgan fingerprint density at radius 1 is 0.714 bits per heavy atom. The number of rotatable bonds is 2. The molecule has 3 heteroatoms. The van der Waals surface area contributed by atoms with Crippen LogP contribution in [-0.4, -0.2) is 11.5 Å². The third-order valence-corrected chi connectivity index (χ3v) is 5.68. The van der Waals surface area contributed by atoms with E-state index in [4.69, 9.17) is 4.65 Å². The summed E-state index contributed by atoms with van der Waals surface area (Å²) in [5.74, 6) is 0.890. The first-order valence-corrected chi connectivity index (χ1v) is 9.66. The summed E-state index contributed by atoms with van der Waals surface area (Å²) >= 11 is 0. The molecular formula is C25H18BNO. The smallest absolute Gasteiger partial charge is 0.430 e. The summed E-state index contributed by atoms with van der Waals surface area (Å²) in [6, 6.07) is 32.0. The second-order valence-electron chi connectivity index (χ2n) is 7.47. The third-order valence-electron chi connectivity index (χ3n) is 5.68. The molecule has 0 N–H and O–H groups in total. The molecule has 132 valence electrons. The SMILES string of the molecule is Cc1cc2c3c(c1)c1ccccc1n3-c1ccccc1B2Oc1ccccc1. The van der Waals surface area contributed by atoms with Crippen LogP contribution in [0.3, 0.4) is 0 Å². The van der Waals surface area contributed by atoms with E-state index in [-0.39, 0.29) is 6.92 Å². The molecule has 0 saturated heterocycles. The van der Waals surface area contributed by atoms with Crippen LogP contribution in [0.5, 0.6) is 5.75 Å². The van der Waals surface area contributed by atoms with Crippen molar-refractivity contribution in [2.24, 2.45) is 0 Å². The molecule has 2 nitrogen and oxygen atoms in total. The lowest BCUT2D eigenvalue weighted by Crippen LogP contribution is -2.52. The van der Waals surface area contributed by atoms with Gasteiger partial charge in [-0.15, -0.1) is 0 Å². The molecule has 4 aromatic carbocycles. The Balaban J connectivity index is 1.74. The second kappa shape index (κ2) is 5.77. The van der Waals surface area contributed by atoms with Gasteiger partial charge in [0.2, 0.25) is 0 Å². The van der Waals surface area contributed by atoms with Gasteiger partial charge < -0.3 is 9.22 Å². The summed E-state index contributed by atoms with van der Waals surface area (Å²) < 4.78 is 8.97. The zero-order valence-electron chi connectivity index (χ0n) is 15.6. The highest BCUT2D eigenvalue weighted by Gasteiger charge is 2.35. The molecule has 0 aliphatic carbocycles. The monoisotopic (exact) mass is 359 g/mol. The van der Waals surface area contributed by atoms with Crippen molar-refractivity contribution in [1.82, 2.24) is 4.57 Å². The van der Waals surface area contributed by atoms with Gasteiger partial charge in [0.1, 0.15) is 0 Å². The molecule has 1 aliphatic rings. The van der Waals surface area contributed by atoms with Crippen LogP contribution in [0.2, 0.25) is 0 Å². The minimum Gasteiger partial charge on any atom is -0.551 e. The molecular weight excluding hydrogens is 341 g/mol. The van der Waals surface area contributed by atoms with Crippen molar-refractivity contribution in [3.05, 3.63) is 96.6 Å². The number of nitrogens with zero attached hydrogens (tertiary/aromatic N) is 1. The van der Waals surface area contributed by atoms with Gasteiger partial charge in [-0.2, -0.15) is 0 Å². The van der Waals surface area contributed by atoms with Crippen molar-refractivity contribution < 1.29 is 4.65 Å². The number of benzene rings is 4. The van der Waals surface area contributed by atoms with Gasteiger partial charge in [-0.1, -0.05) is 66.2 Å². The standard InChI is InChI=1S/C25H18BNO/c1-17-15-20-19-11-5-7-13-23(19)27-24-14-8-6-12-21(24)26(22(16-17)25(20)27)28-18-9-3-2-4-10-18/h2-16H,1H3. The average molecular weight is 359 g/mol. The van der Waals surface area contributed by atoms with Crippen molar-refractivity contribution in [3.8, 4) is 11.4 Å². The van der Waals surface area contributed by atoms with Crippen LogP contribution in [0.15, 0.2) is 91.0 Å².